The second-order valence-corrected chi connectivity index (χ2v) is 5.29. The first kappa shape index (κ1) is 13.7. The average molecular weight is 264 g/mol. The van der Waals surface area contributed by atoms with Gasteiger partial charge in [-0.25, -0.2) is 0 Å². The molecule has 0 aliphatic carbocycles. The van der Waals surface area contributed by atoms with E-state index in [4.69, 9.17) is 14.2 Å². The highest BCUT2D eigenvalue weighted by molar-refractivity contribution is 5.70. The molecule has 104 valence electrons. The maximum atomic E-state index is 11.7. The van der Waals surface area contributed by atoms with Gasteiger partial charge in [0.25, 0.3) is 0 Å². The third kappa shape index (κ3) is 3.63. The Morgan fingerprint density at radius 1 is 1.26 bits per heavy atom. The van der Waals surface area contributed by atoms with Crippen molar-refractivity contribution < 1.29 is 19.0 Å². The molecule has 0 bridgehead atoms. The molecular formula is C15H20O4. The molecule has 1 aliphatic rings. The summed E-state index contributed by atoms with van der Waals surface area (Å²) in [5, 5.41) is 0. The Morgan fingerprint density at radius 3 is 2.74 bits per heavy atom. The molecule has 1 unspecified atom stereocenters. The summed E-state index contributed by atoms with van der Waals surface area (Å²) >= 11 is 0. The normalized spacial score (nSPS) is 14.5. The van der Waals surface area contributed by atoms with Crippen molar-refractivity contribution in [3.63, 3.8) is 0 Å². The number of carbonyl (C=O) groups is 1. The van der Waals surface area contributed by atoms with Gasteiger partial charge < -0.3 is 14.2 Å². The molecule has 2 rings (SSSR count). The summed E-state index contributed by atoms with van der Waals surface area (Å²) in [6.07, 6.45) is 0.381. The van der Waals surface area contributed by atoms with Gasteiger partial charge in [0.15, 0.2) is 11.5 Å². The lowest BCUT2D eigenvalue weighted by atomic mass is 9.97. The zero-order valence-corrected chi connectivity index (χ0v) is 11.6. The van der Waals surface area contributed by atoms with Gasteiger partial charge in [0.2, 0.25) is 6.79 Å². The van der Waals surface area contributed by atoms with Gasteiger partial charge in [-0.1, -0.05) is 26.8 Å². The molecule has 0 N–H and O–H groups in total. The zero-order chi connectivity index (χ0) is 13.8. The van der Waals surface area contributed by atoms with Gasteiger partial charge in [0, 0.05) is 0 Å². The topological polar surface area (TPSA) is 44.8 Å². The van der Waals surface area contributed by atoms with Crippen LogP contribution in [0.25, 0.3) is 0 Å². The van der Waals surface area contributed by atoms with Gasteiger partial charge in [0.05, 0.1) is 13.0 Å². The van der Waals surface area contributed by atoms with Crippen molar-refractivity contribution >= 4 is 5.97 Å². The molecular weight excluding hydrogens is 244 g/mol. The molecule has 0 saturated heterocycles. The lowest BCUT2D eigenvalue weighted by Gasteiger charge is -2.13. The highest BCUT2D eigenvalue weighted by Gasteiger charge is 2.18. The first-order valence-corrected chi connectivity index (χ1v) is 6.61. The predicted octanol–water partition coefficient (Wildman–Crippen LogP) is 3.11. The van der Waals surface area contributed by atoms with Crippen molar-refractivity contribution in [2.24, 2.45) is 5.92 Å². The Morgan fingerprint density at radius 2 is 2.00 bits per heavy atom. The van der Waals surface area contributed by atoms with E-state index in [1.165, 1.54) is 0 Å². The van der Waals surface area contributed by atoms with Gasteiger partial charge in [0.1, 0.15) is 0 Å². The lowest BCUT2D eigenvalue weighted by Crippen LogP contribution is -2.12. The van der Waals surface area contributed by atoms with E-state index >= 15 is 0 Å². The Hall–Kier alpha value is -1.71. The fraction of sp³-hybridized carbons (Fsp3) is 0.533. The van der Waals surface area contributed by atoms with Gasteiger partial charge in [-0.05, 0) is 29.5 Å². The number of benzene rings is 1. The van der Waals surface area contributed by atoms with Crippen molar-refractivity contribution in [3.8, 4) is 11.5 Å². The molecule has 0 spiro atoms. The van der Waals surface area contributed by atoms with Crippen LogP contribution in [0.4, 0.5) is 0 Å². The smallest absolute Gasteiger partial charge is 0.306 e. The van der Waals surface area contributed by atoms with Gasteiger partial charge >= 0.3 is 5.97 Å². The fourth-order valence-electron chi connectivity index (χ4n) is 1.91. The third-order valence-corrected chi connectivity index (χ3v) is 3.02. The fourth-order valence-corrected chi connectivity index (χ4v) is 1.91. The molecule has 4 heteroatoms. The molecule has 0 aromatic heterocycles. The molecule has 1 heterocycles. The van der Waals surface area contributed by atoms with E-state index in [0.717, 1.165) is 17.1 Å². The second-order valence-electron chi connectivity index (χ2n) is 5.29. The van der Waals surface area contributed by atoms with Crippen LogP contribution in [0.2, 0.25) is 0 Å². The van der Waals surface area contributed by atoms with Crippen LogP contribution < -0.4 is 9.47 Å². The minimum atomic E-state index is -0.154. The number of hydrogen-bond acceptors (Lipinski definition) is 4. The first-order chi connectivity index (χ1) is 9.06. The summed E-state index contributed by atoms with van der Waals surface area (Å²) < 4.78 is 15.8. The van der Waals surface area contributed by atoms with Gasteiger partial charge in [-0.15, -0.1) is 0 Å². The van der Waals surface area contributed by atoms with Crippen LogP contribution >= 0.6 is 0 Å². The van der Waals surface area contributed by atoms with E-state index in [9.17, 15) is 4.79 Å². The monoisotopic (exact) mass is 264 g/mol. The number of rotatable bonds is 5. The van der Waals surface area contributed by atoms with Crippen LogP contribution in [0.1, 0.15) is 38.7 Å². The number of carbonyl (C=O) groups excluding carboxylic acids is 1. The Kier molecular flexibility index (Phi) is 4.30. The summed E-state index contributed by atoms with van der Waals surface area (Å²) in [4.78, 5) is 11.7. The molecule has 0 fully saturated rings. The van der Waals surface area contributed by atoms with Crippen LogP contribution in [-0.4, -0.2) is 19.4 Å². The van der Waals surface area contributed by atoms with E-state index in [2.05, 4.69) is 0 Å². The molecule has 0 amide bonds. The number of fused-ring (bicyclic) bond motifs is 1. The Bertz CT molecular complexity index is 453. The van der Waals surface area contributed by atoms with Crippen LogP contribution in [-0.2, 0) is 9.53 Å². The van der Waals surface area contributed by atoms with Crippen LogP contribution in [0.3, 0.4) is 0 Å². The molecule has 1 atom stereocenters. The van der Waals surface area contributed by atoms with E-state index in [1.807, 2.05) is 39.0 Å². The van der Waals surface area contributed by atoms with Crippen molar-refractivity contribution in [1.82, 2.24) is 0 Å². The van der Waals surface area contributed by atoms with E-state index in [-0.39, 0.29) is 18.7 Å². The van der Waals surface area contributed by atoms with E-state index < -0.39 is 0 Å². The lowest BCUT2D eigenvalue weighted by molar-refractivity contribution is -0.145. The third-order valence-electron chi connectivity index (χ3n) is 3.02. The highest BCUT2D eigenvalue weighted by Crippen LogP contribution is 2.35. The van der Waals surface area contributed by atoms with Crippen LogP contribution in [0.15, 0.2) is 18.2 Å². The Balaban J connectivity index is 1.92. The minimum Gasteiger partial charge on any atom is -0.465 e. The predicted molar refractivity (Wildman–Crippen MR) is 71.4 cm³/mol. The first-order valence-electron chi connectivity index (χ1n) is 6.61. The van der Waals surface area contributed by atoms with Crippen LogP contribution in [0.5, 0.6) is 11.5 Å². The van der Waals surface area contributed by atoms with E-state index in [0.29, 0.717) is 18.9 Å². The molecule has 4 nitrogen and oxygen atoms in total. The summed E-state index contributed by atoms with van der Waals surface area (Å²) in [6, 6.07) is 5.78. The number of ether oxygens (including phenoxy) is 3. The second kappa shape index (κ2) is 5.95. The molecule has 1 aromatic carbocycles. The number of esters is 1. The molecule has 0 saturated carbocycles. The molecule has 19 heavy (non-hydrogen) atoms. The SMILES string of the molecule is CC(C)COC(=O)CC(C)c1ccc2c(c1)OCO2. The van der Waals surface area contributed by atoms with Gasteiger partial charge in [-0.3, -0.25) is 4.79 Å². The van der Waals surface area contributed by atoms with Crippen molar-refractivity contribution in [1.29, 1.82) is 0 Å². The zero-order valence-electron chi connectivity index (χ0n) is 11.6. The van der Waals surface area contributed by atoms with Gasteiger partial charge in [-0.2, -0.15) is 0 Å². The summed E-state index contributed by atoms with van der Waals surface area (Å²) in [6.45, 7) is 6.80. The Labute approximate surface area is 113 Å². The minimum absolute atomic E-state index is 0.106. The quantitative estimate of drug-likeness (QED) is 0.766. The van der Waals surface area contributed by atoms with Crippen molar-refractivity contribution in [3.05, 3.63) is 23.8 Å². The van der Waals surface area contributed by atoms with Crippen molar-refractivity contribution in [2.75, 3.05) is 13.4 Å². The van der Waals surface area contributed by atoms with E-state index in [1.54, 1.807) is 0 Å². The highest BCUT2D eigenvalue weighted by atomic mass is 16.7. The number of hydrogen-bond donors (Lipinski definition) is 0. The largest absolute Gasteiger partial charge is 0.465 e. The summed E-state index contributed by atoms with van der Waals surface area (Å²) in [5.74, 6) is 1.83. The average Bonchev–Trinajstić information content (AvgIpc) is 2.83. The summed E-state index contributed by atoms with van der Waals surface area (Å²) in [7, 11) is 0. The molecule has 1 aromatic rings. The maximum absolute atomic E-state index is 11.7. The summed E-state index contributed by atoms with van der Waals surface area (Å²) in [5.41, 5.74) is 1.06. The standard InChI is InChI=1S/C15H20O4/c1-10(2)8-17-15(16)6-11(3)12-4-5-13-14(7-12)19-9-18-13/h4-5,7,10-11H,6,8-9H2,1-3H3. The molecule has 1 aliphatic heterocycles. The maximum Gasteiger partial charge on any atom is 0.306 e. The van der Waals surface area contributed by atoms with Crippen LogP contribution in [0, 0.1) is 5.92 Å². The van der Waals surface area contributed by atoms with Crippen molar-refractivity contribution in [2.45, 2.75) is 33.1 Å². The molecule has 0 radical (unpaired) electrons.